The number of carbonyl (C=O) groups is 1. The van der Waals surface area contributed by atoms with Gasteiger partial charge in [0, 0.05) is 6.54 Å². The van der Waals surface area contributed by atoms with Crippen molar-refractivity contribution in [2.75, 3.05) is 19.6 Å². The van der Waals surface area contributed by atoms with Crippen LogP contribution in [0.1, 0.15) is 59.3 Å². The second-order valence-electron chi connectivity index (χ2n) is 5.89. The Bertz CT molecular complexity index is 276. The lowest BCUT2D eigenvalue weighted by Gasteiger charge is -2.37. The van der Waals surface area contributed by atoms with E-state index in [1.54, 1.807) is 0 Å². The molecule has 0 aromatic heterocycles. The van der Waals surface area contributed by atoms with E-state index in [1.165, 1.54) is 0 Å². The van der Waals surface area contributed by atoms with Crippen molar-refractivity contribution in [1.29, 1.82) is 0 Å². The average Bonchev–Trinajstić information content (AvgIpc) is 2.45. The minimum absolute atomic E-state index is 0.135. The molecule has 1 amide bonds. The lowest BCUT2D eigenvalue weighted by atomic mass is 9.74. The fraction of sp³-hybridized carbons (Fsp3) is 0.933. The molecule has 0 aromatic rings. The zero-order valence-corrected chi connectivity index (χ0v) is 12.7. The summed E-state index contributed by atoms with van der Waals surface area (Å²) in [5.41, 5.74) is -0.974. The van der Waals surface area contributed by atoms with Crippen molar-refractivity contribution in [2.45, 2.75) is 64.9 Å². The zero-order valence-electron chi connectivity index (χ0n) is 12.7. The Morgan fingerprint density at radius 2 is 1.84 bits per heavy atom. The van der Waals surface area contributed by atoms with Crippen LogP contribution in [0.15, 0.2) is 0 Å². The van der Waals surface area contributed by atoms with Gasteiger partial charge in [0.15, 0.2) is 0 Å². The normalized spacial score (nSPS) is 19.2. The van der Waals surface area contributed by atoms with Gasteiger partial charge in [-0.05, 0) is 45.2 Å². The third kappa shape index (κ3) is 4.18. The van der Waals surface area contributed by atoms with E-state index in [-0.39, 0.29) is 11.3 Å². The summed E-state index contributed by atoms with van der Waals surface area (Å²) in [6, 6.07) is 0. The molecule has 0 aromatic carbocycles. The first kappa shape index (κ1) is 16.4. The summed E-state index contributed by atoms with van der Waals surface area (Å²) in [5, 5.41) is 16.6. The van der Waals surface area contributed by atoms with Gasteiger partial charge in [-0.15, -0.1) is 0 Å². The molecule has 0 atom stereocenters. The molecular weight excluding hydrogens is 240 g/mol. The third-order valence-corrected chi connectivity index (χ3v) is 4.67. The summed E-state index contributed by atoms with van der Waals surface area (Å²) < 4.78 is 0. The fourth-order valence-corrected chi connectivity index (χ4v) is 2.91. The molecule has 1 saturated heterocycles. The first-order chi connectivity index (χ1) is 9.02. The van der Waals surface area contributed by atoms with Gasteiger partial charge < -0.3 is 15.7 Å². The van der Waals surface area contributed by atoms with Crippen molar-refractivity contribution < 1.29 is 9.90 Å². The van der Waals surface area contributed by atoms with Crippen LogP contribution in [0.4, 0.5) is 0 Å². The Morgan fingerprint density at radius 1 is 1.26 bits per heavy atom. The number of hydrogen-bond donors (Lipinski definition) is 3. The van der Waals surface area contributed by atoms with Crippen molar-refractivity contribution in [3.8, 4) is 0 Å². The second kappa shape index (κ2) is 7.25. The average molecular weight is 270 g/mol. The predicted octanol–water partition coefficient (Wildman–Crippen LogP) is 1.82. The highest BCUT2D eigenvalue weighted by atomic mass is 16.3. The summed E-state index contributed by atoms with van der Waals surface area (Å²) in [7, 11) is 0. The molecule has 3 N–H and O–H groups in total. The zero-order chi connectivity index (χ0) is 14.4. The van der Waals surface area contributed by atoms with E-state index < -0.39 is 5.60 Å². The van der Waals surface area contributed by atoms with Gasteiger partial charge in [-0.25, -0.2) is 0 Å². The molecule has 19 heavy (non-hydrogen) atoms. The highest BCUT2D eigenvalue weighted by Gasteiger charge is 2.39. The number of aliphatic hydroxyl groups is 1. The Balaban J connectivity index is 2.62. The van der Waals surface area contributed by atoms with E-state index in [0.717, 1.165) is 38.8 Å². The van der Waals surface area contributed by atoms with Crippen molar-refractivity contribution >= 4 is 5.91 Å². The maximum Gasteiger partial charge on any atom is 0.226 e. The topological polar surface area (TPSA) is 61.4 Å². The first-order valence-corrected chi connectivity index (χ1v) is 7.73. The highest BCUT2D eigenvalue weighted by Crippen LogP contribution is 2.34. The van der Waals surface area contributed by atoms with Gasteiger partial charge in [0.25, 0.3) is 0 Å². The lowest BCUT2D eigenvalue weighted by molar-refractivity contribution is -0.134. The molecule has 0 spiro atoms. The van der Waals surface area contributed by atoms with Crippen LogP contribution < -0.4 is 10.6 Å². The van der Waals surface area contributed by atoms with Gasteiger partial charge in [0.1, 0.15) is 0 Å². The van der Waals surface area contributed by atoms with Gasteiger partial charge in [-0.2, -0.15) is 0 Å². The Kier molecular flexibility index (Phi) is 6.27. The molecule has 0 bridgehead atoms. The largest absolute Gasteiger partial charge is 0.388 e. The lowest BCUT2D eigenvalue weighted by Crippen LogP contribution is -2.51. The van der Waals surface area contributed by atoms with Crippen LogP contribution >= 0.6 is 0 Å². The van der Waals surface area contributed by atoms with Crippen LogP contribution in [0.5, 0.6) is 0 Å². The maximum absolute atomic E-state index is 12.5. The van der Waals surface area contributed by atoms with Crippen LogP contribution in [-0.4, -0.2) is 36.2 Å². The molecule has 1 fully saturated rings. The van der Waals surface area contributed by atoms with Crippen LogP contribution in [-0.2, 0) is 4.79 Å². The third-order valence-electron chi connectivity index (χ3n) is 4.67. The van der Waals surface area contributed by atoms with Gasteiger partial charge in [0.05, 0.1) is 11.0 Å². The van der Waals surface area contributed by atoms with Crippen molar-refractivity contribution in [3.63, 3.8) is 0 Å². The number of rotatable bonds is 7. The SMILES string of the molecule is CCCC1(C(=O)NCC(O)(CC)CC)CCNCC1. The number of piperidine rings is 1. The number of hydrogen-bond acceptors (Lipinski definition) is 3. The number of amides is 1. The smallest absolute Gasteiger partial charge is 0.226 e. The van der Waals surface area contributed by atoms with Crippen molar-refractivity contribution in [2.24, 2.45) is 5.41 Å². The molecular formula is C15H30N2O2. The molecule has 1 aliphatic rings. The van der Waals surface area contributed by atoms with Crippen molar-refractivity contribution in [3.05, 3.63) is 0 Å². The predicted molar refractivity (Wildman–Crippen MR) is 78.0 cm³/mol. The summed E-state index contributed by atoms with van der Waals surface area (Å²) in [4.78, 5) is 12.5. The molecule has 0 radical (unpaired) electrons. The fourth-order valence-electron chi connectivity index (χ4n) is 2.91. The minimum atomic E-state index is -0.754. The second-order valence-corrected chi connectivity index (χ2v) is 5.89. The molecule has 1 aliphatic heterocycles. The van der Waals surface area contributed by atoms with E-state index in [4.69, 9.17) is 0 Å². The standard InChI is InChI=1S/C15H30N2O2/c1-4-7-14(8-10-16-11-9-14)13(18)17-12-15(19,5-2)6-3/h16,19H,4-12H2,1-3H3,(H,17,18). The number of carbonyl (C=O) groups excluding carboxylic acids is 1. The Morgan fingerprint density at radius 3 is 2.32 bits per heavy atom. The van der Waals surface area contributed by atoms with Crippen LogP contribution in [0.2, 0.25) is 0 Å². The van der Waals surface area contributed by atoms with Crippen LogP contribution in [0, 0.1) is 5.41 Å². The molecule has 4 heteroatoms. The van der Waals surface area contributed by atoms with E-state index in [2.05, 4.69) is 17.6 Å². The highest BCUT2D eigenvalue weighted by molar-refractivity contribution is 5.82. The Hall–Kier alpha value is -0.610. The molecule has 1 rings (SSSR count). The molecule has 0 aliphatic carbocycles. The monoisotopic (exact) mass is 270 g/mol. The maximum atomic E-state index is 12.5. The summed E-state index contributed by atoms with van der Waals surface area (Å²) in [6.45, 7) is 8.26. The molecule has 0 unspecified atom stereocenters. The van der Waals surface area contributed by atoms with E-state index in [1.807, 2.05) is 13.8 Å². The Labute approximate surface area is 117 Å². The first-order valence-electron chi connectivity index (χ1n) is 7.73. The minimum Gasteiger partial charge on any atom is -0.388 e. The van der Waals surface area contributed by atoms with Gasteiger partial charge in [-0.3, -0.25) is 4.79 Å². The molecule has 0 saturated carbocycles. The van der Waals surface area contributed by atoms with Crippen molar-refractivity contribution in [1.82, 2.24) is 10.6 Å². The van der Waals surface area contributed by atoms with Gasteiger partial charge >= 0.3 is 0 Å². The van der Waals surface area contributed by atoms with E-state index >= 15 is 0 Å². The summed E-state index contributed by atoms with van der Waals surface area (Å²) >= 11 is 0. The number of nitrogens with one attached hydrogen (secondary N) is 2. The van der Waals surface area contributed by atoms with Gasteiger partial charge in [0.2, 0.25) is 5.91 Å². The molecule has 112 valence electrons. The van der Waals surface area contributed by atoms with Gasteiger partial charge in [-0.1, -0.05) is 27.2 Å². The van der Waals surface area contributed by atoms with E-state index in [0.29, 0.717) is 19.4 Å². The van der Waals surface area contributed by atoms with E-state index in [9.17, 15) is 9.90 Å². The van der Waals surface area contributed by atoms with Crippen LogP contribution in [0.3, 0.4) is 0 Å². The molecule has 4 nitrogen and oxygen atoms in total. The molecule has 1 heterocycles. The quantitative estimate of drug-likeness (QED) is 0.661. The van der Waals surface area contributed by atoms with Crippen LogP contribution in [0.25, 0.3) is 0 Å². The summed E-state index contributed by atoms with van der Waals surface area (Å²) in [5.74, 6) is 0.135. The summed E-state index contributed by atoms with van der Waals surface area (Å²) in [6.07, 6.45) is 5.13.